The van der Waals surface area contributed by atoms with Gasteiger partial charge in [0, 0.05) is 12.8 Å². The summed E-state index contributed by atoms with van der Waals surface area (Å²) in [5.74, 6) is -3.10. The number of ether oxygens (including phenoxy) is 6. The highest BCUT2D eigenvalue weighted by Crippen LogP contribution is 2.34. The van der Waals surface area contributed by atoms with Crippen LogP contribution in [0.5, 0.6) is 0 Å². The van der Waals surface area contributed by atoms with Gasteiger partial charge in [-0.05, 0) is 61.8 Å². The Morgan fingerprint density at radius 3 is 1.66 bits per heavy atom. The number of rotatable bonds is 23. The van der Waals surface area contributed by atoms with Crippen LogP contribution in [0.3, 0.4) is 0 Å². The molecule has 1 aliphatic rings. The summed E-state index contributed by atoms with van der Waals surface area (Å²) in [6.07, 6.45) is -1.07. The first kappa shape index (κ1) is 44.3. The zero-order valence-electron chi connectivity index (χ0n) is 34.0. The summed E-state index contributed by atoms with van der Waals surface area (Å²) in [5, 5.41) is 0. The van der Waals surface area contributed by atoms with E-state index >= 15 is 4.79 Å². The number of hydrogen-bond donors (Lipinski definition) is 0. The Labute approximate surface area is 343 Å². The maximum absolute atomic E-state index is 15.5. The average Bonchev–Trinajstić information content (AvgIpc) is 3.22. The van der Waals surface area contributed by atoms with Gasteiger partial charge in [0.15, 0.2) is 5.78 Å². The summed E-state index contributed by atoms with van der Waals surface area (Å²) in [7, 11) is 0. The number of benzene rings is 4. The summed E-state index contributed by atoms with van der Waals surface area (Å²) < 4.78 is 39.1. The zero-order valence-corrected chi connectivity index (χ0v) is 34.0. The molecule has 4 aromatic rings. The molecule has 9 nitrogen and oxygen atoms in total. The smallest absolute Gasteiger partial charge is 0.317 e. The summed E-state index contributed by atoms with van der Waals surface area (Å²) in [6, 6.07) is 38.6. The Bertz CT molecular complexity index is 1830. The fourth-order valence-corrected chi connectivity index (χ4v) is 7.12. The van der Waals surface area contributed by atoms with E-state index in [4.69, 9.17) is 28.4 Å². The average molecular weight is 791 g/mol. The van der Waals surface area contributed by atoms with Crippen molar-refractivity contribution in [3.05, 3.63) is 156 Å². The van der Waals surface area contributed by atoms with Gasteiger partial charge in [-0.25, -0.2) is 0 Å². The first-order valence-corrected chi connectivity index (χ1v) is 20.2. The van der Waals surface area contributed by atoms with E-state index in [1.807, 2.05) is 121 Å². The highest BCUT2D eigenvalue weighted by molar-refractivity contribution is 6.02. The van der Waals surface area contributed by atoms with Gasteiger partial charge in [0.05, 0.1) is 39.6 Å². The Kier molecular flexibility index (Phi) is 17.6. The lowest BCUT2D eigenvalue weighted by Gasteiger charge is -2.39. The van der Waals surface area contributed by atoms with Gasteiger partial charge in [-0.2, -0.15) is 0 Å². The van der Waals surface area contributed by atoms with Crippen LogP contribution in [0.25, 0.3) is 0 Å². The number of carbonyl (C=O) groups is 3. The normalized spacial score (nSPS) is 17.1. The monoisotopic (exact) mass is 790 g/mol. The molecule has 0 amide bonds. The molecule has 0 aliphatic heterocycles. The second-order valence-corrected chi connectivity index (χ2v) is 15.7. The summed E-state index contributed by atoms with van der Waals surface area (Å²) in [5.41, 5.74) is 2.65. The maximum Gasteiger partial charge on any atom is 0.317 e. The predicted molar refractivity (Wildman–Crippen MR) is 222 cm³/mol. The highest BCUT2D eigenvalue weighted by atomic mass is 16.6. The number of Topliss-reactive ketones (excluding diaryl/α,β-unsaturated/α-hetero) is 2. The molecule has 58 heavy (non-hydrogen) atoms. The molecule has 0 N–H and O–H groups in total. The van der Waals surface area contributed by atoms with Crippen molar-refractivity contribution in [2.24, 2.45) is 11.8 Å². The fourth-order valence-electron chi connectivity index (χ4n) is 7.12. The molecule has 0 radical (unpaired) electrons. The van der Waals surface area contributed by atoms with Crippen LogP contribution in [0.2, 0.25) is 0 Å². The second kappa shape index (κ2) is 23.0. The molecule has 6 atom stereocenters. The van der Waals surface area contributed by atoms with Gasteiger partial charge in [-0.1, -0.05) is 127 Å². The standard InChI is InChI=1S/C49H58O9/c1-5-29-54-42(35-53-31-36-19-10-6-11-20-36)45(55-32-37-21-12-7-13-22-37)47(57-34-39-25-16-9-17-26-39)46(56-33-38-23-14-8-15-24-38)44(51)43(48(52)58-49(2,3)4)40-27-18-28-41(50)30-40/h5-17,19-26,40,42-43,45-47H,1,18,27-35H2,2-4H3/t40?,42?,43?,45-,46?,47?/m0/s1. The van der Waals surface area contributed by atoms with Crippen molar-refractivity contribution in [2.45, 2.75) is 103 Å². The minimum atomic E-state index is -1.37. The van der Waals surface area contributed by atoms with Gasteiger partial charge >= 0.3 is 5.97 Å². The van der Waals surface area contributed by atoms with E-state index in [1.54, 1.807) is 26.8 Å². The molecule has 1 fully saturated rings. The minimum Gasteiger partial charge on any atom is -0.459 e. The van der Waals surface area contributed by atoms with E-state index in [-0.39, 0.29) is 45.2 Å². The number of carbonyl (C=O) groups excluding carboxylic acids is 3. The van der Waals surface area contributed by atoms with Crippen molar-refractivity contribution in [3.8, 4) is 0 Å². The van der Waals surface area contributed by atoms with Crippen molar-refractivity contribution in [2.75, 3.05) is 13.2 Å². The van der Waals surface area contributed by atoms with Crippen LogP contribution in [-0.4, -0.2) is 60.8 Å². The molecule has 0 spiro atoms. The van der Waals surface area contributed by atoms with E-state index in [1.165, 1.54) is 0 Å². The molecule has 0 saturated heterocycles. The topological polar surface area (TPSA) is 107 Å². The Morgan fingerprint density at radius 2 is 1.17 bits per heavy atom. The van der Waals surface area contributed by atoms with E-state index in [0.29, 0.717) is 25.9 Å². The van der Waals surface area contributed by atoms with Gasteiger partial charge < -0.3 is 28.4 Å². The first-order valence-electron chi connectivity index (χ1n) is 20.2. The highest BCUT2D eigenvalue weighted by Gasteiger charge is 2.49. The lowest BCUT2D eigenvalue weighted by atomic mass is 9.75. The van der Waals surface area contributed by atoms with Crippen LogP contribution >= 0.6 is 0 Å². The quantitative estimate of drug-likeness (QED) is 0.0414. The molecular weight excluding hydrogens is 733 g/mol. The third-order valence-corrected chi connectivity index (χ3v) is 9.89. The maximum atomic E-state index is 15.5. The molecule has 9 heteroatoms. The minimum absolute atomic E-state index is 0.00812. The van der Waals surface area contributed by atoms with E-state index < -0.39 is 53.6 Å². The number of esters is 1. The van der Waals surface area contributed by atoms with Crippen LogP contribution in [-0.2, 0) is 69.2 Å². The van der Waals surface area contributed by atoms with Crippen LogP contribution in [0.15, 0.2) is 134 Å². The molecule has 0 bridgehead atoms. The Balaban J connectivity index is 1.62. The van der Waals surface area contributed by atoms with Crippen molar-refractivity contribution in [1.82, 2.24) is 0 Å². The molecular formula is C49H58O9. The van der Waals surface area contributed by atoms with Gasteiger partial charge in [0.2, 0.25) is 0 Å². The zero-order chi connectivity index (χ0) is 41.2. The molecule has 5 unspecified atom stereocenters. The third-order valence-electron chi connectivity index (χ3n) is 9.89. The number of ketones is 2. The van der Waals surface area contributed by atoms with Crippen molar-refractivity contribution < 1.29 is 42.8 Å². The third kappa shape index (κ3) is 14.3. The van der Waals surface area contributed by atoms with Gasteiger partial charge in [-0.3, -0.25) is 14.4 Å². The molecule has 5 rings (SSSR count). The SMILES string of the molecule is C=CCOC(COCc1ccccc1)[C@H](OCc1ccccc1)C(OCc1ccccc1)C(OCc1ccccc1)C(=O)C(C(=O)OC(C)(C)C)C1CCCC(=O)C1. The van der Waals surface area contributed by atoms with E-state index in [9.17, 15) is 9.59 Å². The summed E-state index contributed by atoms with van der Waals surface area (Å²) in [6.45, 7) is 9.98. The van der Waals surface area contributed by atoms with Gasteiger partial charge in [0.1, 0.15) is 41.7 Å². The second-order valence-electron chi connectivity index (χ2n) is 15.7. The Hall–Kier alpha value is -4.77. The van der Waals surface area contributed by atoms with Crippen molar-refractivity contribution in [3.63, 3.8) is 0 Å². The molecule has 1 aliphatic carbocycles. The largest absolute Gasteiger partial charge is 0.459 e. The molecule has 1 saturated carbocycles. The molecule has 0 aromatic heterocycles. The van der Waals surface area contributed by atoms with Gasteiger partial charge in [-0.15, -0.1) is 6.58 Å². The first-order chi connectivity index (χ1) is 28.1. The van der Waals surface area contributed by atoms with Crippen LogP contribution < -0.4 is 0 Å². The van der Waals surface area contributed by atoms with E-state index in [2.05, 4.69) is 6.58 Å². The Morgan fingerprint density at radius 1 is 0.690 bits per heavy atom. The van der Waals surface area contributed by atoms with Crippen LogP contribution in [0.1, 0.15) is 68.7 Å². The lowest BCUT2D eigenvalue weighted by Crippen LogP contribution is -2.56. The molecule has 4 aromatic carbocycles. The van der Waals surface area contributed by atoms with Crippen LogP contribution in [0.4, 0.5) is 0 Å². The molecule has 0 heterocycles. The molecule has 308 valence electrons. The lowest BCUT2D eigenvalue weighted by molar-refractivity contribution is -0.201. The van der Waals surface area contributed by atoms with Crippen molar-refractivity contribution >= 4 is 17.5 Å². The van der Waals surface area contributed by atoms with Crippen LogP contribution in [0, 0.1) is 11.8 Å². The number of hydrogen-bond acceptors (Lipinski definition) is 9. The van der Waals surface area contributed by atoms with Crippen molar-refractivity contribution in [1.29, 1.82) is 0 Å². The summed E-state index contributed by atoms with van der Waals surface area (Å²) >= 11 is 0. The van der Waals surface area contributed by atoms with Gasteiger partial charge in [0.25, 0.3) is 0 Å². The predicted octanol–water partition coefficient (Wildman–Crippen LogP) is 8.82. The summed E-state index contributed by atoms with van der Waals surface area (Å²) in [4.78, 5) is 42.7. The fraction of sp³-hybridized carbons (Fsp3) is 0.408. The van der Waals surface area contributed by atoms with E-state index in [0.717, 1.165) is 22.3 Å².